The molecule has 0 radical (unpaired) electrons. The van der Waals surface area contributed by atoms with Crippen molar-refractivity contribution in [2.24, 2.45) is 5.92 Å². The smallest absolute Gasteiger partial charge is 0.326 e. The molecule has 0 aliphatic heterocycles. The Morgan fingerprint density at radius 2 is 2.11 bits per heavy atom. The van der Waals surface area contributed by atoms with Crippen molar-refractivity contribution in [2.45, 2.75) is 26.3 Å². The number of aliphatic carboxylic acids is 1. The molecule has 0 saturated carbocycles. The topological polar surface area (TPSA) is 125 Å². The number of aromatic amines is 1. The summed E-state index contributed by atoms with van der Waals surface area (Å²) in [6.45, 7) is 3.67. The number of aromatic nitrogens is 1. The van der Waals surface area contributed by atoms with Crippen molar-refractivity contribution in [2.75, 3.05) is 0 Å². The highest BCUT2D eigenvalue weighted by atomic mass is 16.6. The zero-order chi connectivity index (χ0) is 14.6. The summed E-state index contributed by atoms with van der Waals surface area (Å²) in [5.41, 5.74) is -0.0401. The predicted octanol–water partition coefficient (Wildman–Crippen LogP) is 1.15. The first-order valence-electron chi connectivity index (χ1n) is 5.68. The van der Waals surface area contributed by atoms with E-state index in [4.69, 9.17) is 5.11 Å². The van der Waals surface area contributed by atoms with Gasteiger partial charge in [0.15, 0.2) is 5.69 Å². The minimum atomic E-state index is -1.14. The SMILES string of the molecule is CC(C)C[C@H](NC(=O)c1ccc([N+](=O)[O-])[nH]1)C(=O)O. The number of rotatable bonds is 6. The Kier molecular flexibility index (Phi) is 4.62. The fourth-order valence-corrected chi connectivity index (χ4v) is 1.55. The third-order valence-corrected chi connectivity index (χ3v) is 2.42. The van der Waals surface area contributed by atoms with Gasteiger partial charge in [-0.3, -0.25) is 4.79 Å². The van der Waals surface area contributed by atoms with E-state index >= 15 is 0 Å². The van der Waals surface area contributed by atoms with E-state index < -0.39 is 22.8 Å². The molecule has 0 aliphatic rings. The normalized spacial score (nSPS) is 12.2. The number of carbonyl (C=O) groups excluding carboxylic acids is 1. The number of carboxylic acid groups (broad SMARTS) is 1. The molecule has 0 fully saturated rings. The van der Waals surface area contributed by atoms with Gasteiger partial charge in [-0.05, 0) is 23.3 Å². The maximum Gasteiger partial charge on any atom is 0.326 e. The molecule has 1 aromatic rings. The highest BCUT2D eigenvalue weighted by Crippen LogP contribution is 2.11. The second-order valence-corrected chi connectivity index (χ2v) is 4.51. The quantitative estimate of drug-likeness (QED) is 0.527. The zero-order valence-electron chi connectivity index (χ0n) is 10.5. The highest BCUT2D eigenvalue weighted by Gasteiger charge is 2.24. The number of amides is 1. The Hall–Kier alpha value is -2.38. The molecular weight excluding hydrogens is 254 g/mol. The summed E-state index contributed by atoms with van der Waals surface area (Å²) in [7, 11) is 0. The van der Waals surface area contributed by atoms with Gasteiger partial charge in [0.25, 0.3) is 5.91 Å². The molecule has 19 heavy (non-hydrogen) atoms. The van der Waals surface area contributed by atoms with Gasteiger partial charge in [-0.1, -0.05) is 13.8 Å². The van der Waals surface area contributed by atoms with E-state index in [9.17, 15) is 19.7 Å². The summed E-state index contributed by atoms with van der Waals surface area (Å²) in [5, 5.41) is 21.8. The van der Waals surface area contributed by atoms with E-state index in [0.29, 0.717) is 0 Å². The van der Waals surface area contributed by atoms with E-state index in [1.54, 1.807) is 0 Å². The molecule has 0 bridgehead atoms. The molecule has 8 heteroatoms. The first kappa shape index (κ1) is 14.7. The molecule has 0 aliphatic carbocycles. The molecule has 104 valence electrons. The number of carbonyl (C=O) groups is 2. The lowest BCUT2D eigenvalue weighted by molar-refractivity contribution is -0.389. The summed E-state index contributed by atoms with van der Waals surface area (Å²) in [6.07, 6.45) is 0.282. The van der Waals surface area contributed by atoms with Gasteiger partial charge in [-0.25, -0.2) is 9.78 Å². The summed E-state index contributed by atoms with van der Waals surface area (Å²) in [6, 6.07) is 1.37. The second kappa shape index (κ2) is 5.98. The molecular formula is C11H15N3O5. The van der Waals surface area contributed by atoms with Gasteiger partial charge in [0.05, 0.1) is 0 Å². The van der Waals surface area contributed by atoms with Crippen LogP contribution in [0.1, 0.15) is 30.8 Å². The number of nitro groups is 1. The van der Waals surface area contributed by atoms with Crippen LogP contribution in [0.4, 0.5) is 5.82 Å². The van der Waals surface area contributed by atoms with Crippen LogP contribution in [0.25, 0.3) is 0 Å². The van der Waals surface area contributed by atoms with E-state index in [-0.39, 0.29) is 23.9 Å². The Morgan fingerprint density at radius 1 is 1.47 bits per heavy atom. The number of H-pyrrole nitrogens is 1. The summed E-state index contributed by atoms with van der Waals surface area (Å²) < 4.78 is 0. The largest absolute Gasteiger partial charge is 0.480 e. The van der Waals surface area contributed by atoms with Crippen LogP contribution >= 0.6 is 0 Å². The average Bonchev–Trinajstić information content (AvgIpc) is 2.76. The third-order valence-electron chi connectivity index (χ3n) is 2.42. The maximum atomic E-state index is 11.7. The highest BCUT2D eigenvalue weighted by molar-refractivity contribution is 5.95. The molecule has 1 atom stereocenters. The molecule has 3 N–H and O–H groups in total. The molecule has 0 spiro atoms. The van der Waals surface area contributed by atoms with Crippen LogP contribution in [0.3, 0.4) is 0 Å². The number of carboxylic acids is 1. The van der Waals surface area contributed by atoms with E-state index in [0.717, 1.165) is 6.07 Å². The monoisotopic (exact) mass is 269 g/mol. The van der Waals surface area contributed by atoms with E-state index in [1.807, 2.05) is 13.8 Å². The lowest BCUT2D eigenvalue weighted by Gasteiger charge is -2.15. The van der Waals surface area contributed by atoms with Crippen LogP contribution in [0.15, 0.2) is 12.1 Å². The van der Waals surface area contributed by atoms with Crippen LogP contribution in [-0.2, 0) is 4.79 Å². The first-order valence-corrected chi connectivity index (χ1v) is 5.68. The fourth-order valence-electron chi connectivity index (χ4n) is 1.55. The molecule has 1 amide bonds. The minimum absolute atomic E-state index is 0.0401. The summed E-state index contributed by atoms with van der Waals surface area (Å²) in [5.74, 6) is -2.04. The predicted molar refractivity (Wildman–Crippen MR) is 65.8 cm³/mol. The van der Waals surface area contributed by atoms with Crippen molar-refractivity contribution in [3.05, 3.63) is 27.9 Å². The van der Waals surface area contributed by atoms with Crippen LogP contribution in [0, 0.1) is 16.0 Å². The van der Waals surface area contributed by atoms with Gasteiger partial charge in [0.1, 0.15) is 6.04 Å². The third kappa shape index (κ3) is 4.09. The lowest BCUT2D eigenvalue weighted by atomic mass is 10.0. The molecule has 1 aromatic heterocycles. The molecule has 0 saturated heterocycles. The second-order valence-electron chi connectivity index (χ2n) is 4.51. The van der Waals surface area contributed by atoms with Gasteiger partial charge in [-0.2, -0.15) is 0 Å². The number of hydrogen-bond donors (Lipinski definition) is 3. The van der Waals surface area contributed by atoms with Crippen LogP contribution in [-0.4, -0.2) is 32.9 Å². The Morgan fingerprint density at radius 3 is 2.53 bits per heavy atom. The molecule has 1 rings (SSSR count). The maximum absolute atomic E-state index is 11.7. The Balaban J connectivity index is 2.75. The standard InChI is InChI=1S/C11H15N3O5/c1-6(2)5-8(11(16)17)13-10(15)7-3-4-9(12-7)14(18)19/h3-4,6,8,12H,5H2,1-2H3,(H,13,15)(H,16,17)/t8-/m0/s1. The Bertz CT molecular complexity index is 494. The van der Waals surface area contributed by atoms with E-state index in [1.165, 1.54) is 6.07 Å². The van der Waals surface area contributed by atoms with Crippen molar-refractivity contribution in [3.63, 3.8) is 0 Å². The molecule has 8 nitrogen and oxygen atoms in total. The van der Waals surface area contributed by atoms with Gasteiger partial charge < -0.3 is 20.5 Å². The fraction of sp³-hybridized carbons (Fsp3) is 0.455. The number of hydrogen-bond acceptors (Lipinski definition) is 4. The van der Waals surface area contributed by atoms with Gasteiger partial charge in [0.2, 0.25) is 0 Å². The van der Waals surface area contributed by atoms with Gasteiger partial charge in [-0.15, -0.1) is 0 Å². The minimum Gasteiger partial charge on any atom is -0.480 e. The van der Waals surface area contributed by atoms with E-state index in [2.05, 4.69) is 10.3 Å². The number of nitrogens with zero attached hydrogens (tertiary/aromatic N) is 1. The average molecular weight is 269 g/mol. The van der Waals surface area contributed by atoms with Crippen molar-refractivity contribution >= 4 is 17.7 Å². The van der Waals surface area contributed by atoms with Crippen molar-refractivity contribution in [1.82, 2.24) is 10.3 Å². The van der Waals surface area contributed by atoms with Gasteiger partial charge in [0, 0.05) is 6.07 Å². The Labute approximate surface area is 109 Å². The lowest BCUT2D eigenvalue weighted by Crippen LogP contribution is -2.41. The summed E-state index contributed by atoms with van der Waals surface area (Å²) >= 11 is 0. The van der Waals surface area contributed by atoms with Crippen molar-refractivity contribution in [1.29, 1.82) is 0 Å². The van der Waals surface area contributed by atoms with Crippen molar-refractivity contribution < 1.29 is 19.6 Å². The molecule has 0 aromatic carbocycles. The molecule has 0 unspecified atom stereocenters. The van der Waals surface area contributed by atoms with Crippen LogP contribution < -0.4 is 5.32 Å². The zero-order valence-corrected chi connectivity index (χ0v) is 10.5. The van der Waals surface area contributed by atoms with Crippen LogP contribution in [0.5, 0.6) is 0 Å². The van der Waals surface area contributed by atoms with Crippen LogP contribution in [0.2, 0.25) is 0 Å². The van der Waals surface area contributed by atoms with Crippen molar-refractivity contribution in [3.8, 4) is 0 Å². The first-order chi connectivity index (χ1) is 8.81. The van der Waals surface area contributed by atoms with Gasteiger partial charge >= 0.3 is 11.8 Å². The molecule has 1 heterocycles. The number of nitrogens with one attached hydrogen (secondary N) is 2. The summed E-state index contributed by atoms with van der Waals surface area (Å²) in [4.78, 5) is 34.8.